The van der Waals surface area contributed by atoms with Crippen LogP contribution in [0.15, 0.2) is 24.5 Å². The van der Waals surface area contributed by atoms with Gasteiger partial charge in [-0.25, -0.2) is 0 Å². The van der Waals surface area contributed by atoms with Gasteiger partial charge in [-0.3, -0.25) is 24.0 Å². The van der Waals surface area contributed by atoms with Crippen LogP contribution in [0.2, 0.25) is 0 Å². The number of hydrogen-bond acceptors (Lipinski definition) is 7. The topological polar surface area (TPSA) is 176 Å². The third-order valence-corrected chi connectivity index (χ3v) is 7.93. The molecule has 0 aliphatic carbocycles. The van der Waals surface area contributed by atoms with E-state index in [1.807, 2.05) is 62.3 Å². The lowest BCUT2D eigenvalue weighted by atomic mass is 9.87. The van der Waals surface area contributed by atoms with Crippen molar-refractivity contribution in [1.29, 1.82) is 0 Å². The molecule has 1 heterocycles. The average molecular weight is 676 g/mol. The predicted octanol–water partition coefficient (Wildman–Crippen LogP) is 2.27. The lowest BCUT2D eigenvalue weighted by Gasteiger charge is -2.34. The van der Waals surface area contributed by atoms with Crippen LogP contribution >= 0.6 is 0 Å². The van der Waals surface area contributed by atoms with Gasteiger partial charge in [0.2, 0.25) is 23.6 Å². The quantitative estimate of drug-likeness (QED) is 0.110. The summed E-state index contributed by atoms with van der Waals surface area (Å²) in [5.74, 6) is -1.63. The first kappa shape index (κ1) is 42.3. The summed E-state index contributed by atoms with van der Waals surface area (Å²) < 4.78 is 0.574. The standard InChI is InChI=1S/C35H61N7O6/c1-12-14-28(41(11)34(47)27(20-35(8,9)10)39-31(44)25-15-17-42(48)18-16-25)32(45)38-26(19-22(3)4)21-37-24(7)30(43)40-29(23(5)6)33(46)36-13-2/h15-18,22-24,26-29,37H,12-14,19-21H2,1-11H3,(H,36,46)(H,38,45)(H,39,44)(H,40,43)/t24-,26-,27-,28-,29-/m0/s1. The van der Waals surface area contributed by atoms with Crippen LogP contribution in [0.5, 0.6) is 0 Å². The van der Waals surface area contributed by atoms with Gasteiger partial charge in [0.15, 0.2) is 12.4 Å². The summed E-state index contributed by atoms with van der Waals surface area (Å²) in [6.45, 7) is 19.9. The zero-order valence-electron chi connectivity index (χ0n) is 30.9. The molecule has 0 radical (unpaired) electrons. The van der Waals surface area contributed by atoms with Crippen molar-refractivity contribution in [3.63, 3.8) is 0 Å². The van der Waals surface area contributed by atoms with Gasteiger partial charge in [0.1, 0.15) is 18.1 Å². The van der Waals surface area contributed by atoms with Crippen LogP contribution in [0.4, 0.5) is 0 Å². The number of nitrogens with one attached hydrogen (secondary N) is 5. The van der Waals surface area contributed by atoms with Gasteiger partial charge in [0, 0.05) is 38.3 Å². The van der Waals surface area contributed by atoms with Gasteiger partial charge in [-0.15, -0.1) is 0 Å². The molecule has 0 aliphatic rings. The summed E-state index contributed by atoms with van der Waals surface area (Å²) in [5, 5.41) is 26.2. The molecule has 0 saturated carbocycles. The highest BCUT2D eigenvalue weighted by Gasteiger charge is 2.35. The number of carbonyl (C=O) groups excluding carboxylic acids is 5. The largest absolute Gasteiger partial charge is 0.619 e. The lowest BCUT2D eigenvalue weighted by Crippen LogP contribution is -2.58. The molecule has 13 nitrogen and oxygen atoms in total. The molecule has 48 heavy (non-hydrogen) atoms. The second-order valence-corrected chi connectivity index (χ2v) is 14.6. The van der Waals surface area contributed by atoms with Crippen molar-refractivity contribution in [2.24, 2.45) is 17.3 Å². The second kappa shape index (κ2) is 19.9. The Bertz CT molecular complexity index is 1200. The van der Waals surface area contributed by atoms with Gasteiger partial charge >= 0.3 is 0 Å². The minimum atomic E-state index is -0.907. The molecule has 0 aromatic carbocycles. The molecule has 1 aromatic heterocycles. The van der Waals surface area contributed by atoms with Crippen molar-refractivity contribution in [2.75, 3.05) is 20.1 Å². The SMILES string of the molecule is CCC[C@@H](C(=O)N[C@H](CN[C@@H](C)C(=O)N[C@H](C(=O)NCC)C(C)C)CC(C)C)N(C)C(=O)[C@H](CC(C)(C)C)NC(=O)c1cc[n+]([O-])cc1. The fourth-order valence-corrected chi connectivity index (χ4v) is 5.36. The predicted molar refractivity (Wildman–Crippen MR) is 186 cm³/mol. The first-order valence-electron chi connectivity index (χ1n) is 17.2. The molecular weight excluding hydrogens is 614 g/mol. The number of aromatic nitrogens is 1. The zero-order valence-corrected chi connectivity index (χ0v) is 30.9. The van der Waals surface area contributed by atoms with E-state index < -0.39 is 36.0 Å². The minimum absolute atomic E-state index is 0.100. The molecule has 0 fully saturated rings. The molecule has 1 aromatic rings. The Morgan fingerprint density at radius 1 is 0.896 bits per heavy atom. The van der Waals surface area contributed by atoms with Crippen LogP contribution in [-0.4, -0.2) is 84.8 Å². The molecule has 5 atom stereocenters. The van der Waals surface area contributed by atoms with E-state index in [1.165, 1.54) is 29.4 Å². The third kappa shape index (κ3) is 14.6. The Balaban J connectivity index is 3.10. The Labute approximate surface area is 287 Å². The van der Waals surface area contributed by atoms with Crippen LogP contribution in [-0.2, 0) is 19.2 Å². The number of hydrogen-bond donors (Lipinski definition) is 5. The van der Waals surface area contributed by atoms with Crippen LogP contribution in [0, 0.1) is 22.5 Å². The number of likely N-dealkylation sites (N-methyl/N-ethyl adjacent to an activating group) is 2. The Morgan fingerprint density at radius 3 is 2.00 bits per heavy atom. The molecule has 0 bridgehead atoms. The van der Waals surface area contributed by atoms with E-state index in [-0.39, 0.29) is 46.6 Å². The van der Waals surface area contributed by atoms with Crippen LogP contribution in [0.1, 0.15) is 105 Å². The van der Waals surface area contributed by atoms with Crippen LogP contribution in [0.3, 0.4) is 0 Å². The minimum Gasteiger partial charge on any atom is -0.619 e. The van der Waals surface area contributed by atoms with E-state index in [1.54, 1.807) is 14.0 Å². The fraction of sp³-hybridized carbons (Fsp3) is 0.714. The molecule has 0 saturated heterocycles. The van der Waals surface area contributed by atoms with Crippen molar-refractivity contribution in [3.05, 3.63) is 35.3 Å². The zero-order chi connectivity index (χ0) is 36.8. The molecule has 272 valence electrons. The molecular formula is C35H61N7O6. The van der Waals surface area contributed by atoms with Crippen molar-refractivity contribution in [3.8, 4) is 0 Å². The number of nitrogens with zero attached hydrogens (tertiary/aromatic N) is 2. The van der Waals surface area contributed by atoms with Gasteiger partial charge in [0.05, 0.1) is 11.6 Å². The molecule has 1 rings (SSSR count). The summed E-state index contributed by atoms with van der Waals surface area (Å²) in [6, 6.07) is -0.567. The summed E-state index contributed by atoms with van der Waals surface area (Å²) in [7, 11) is 1.58. The highest BCUT2D eigenvalue weighted by atomic mass is 16.5. The fourth-order valence-electron chi connectivity index (χ4n) is 5.36. The van der Waals surface area contributed by atoms with E-state index >= 15 is 0 Å². The molecule has 0 aliphatic heterocycles. The Hall–Kier alpha value is -3.74. The van der Waals surface area contributed by atoms with E-state index in [9.17, 15) is 29.2 Å². The maximum absolute atomic E-state index is 13.9. The summed E-state index contributed by atoms with van der Waals surface area (Å²) in [4.78, 5) is 67.7. The number of carbonyl (C=O) groups is 5. The van der Waals surface area contributed by atoms with Crippen molar-refractivity contribution >= 4 is 29.5 Å². The van der Waals surface area contributed by atoms with Crippen LogP contribution in [0.25, 0.3) is 0 Å². The highest BCUT2D eigenvalue weighted by molar-refractivity contribution is 5.98. The lowest BCUT2D eigenvalue weighted by molar-refractivity contribution is -0.605. The van der Waals surface area contributed by atoms with E-state index in [0.29, 0.717) is 43.5 Å². The van der Waals surface area contributed by atoms with Gasteiger partial charge in [-0.1, -0.05) is 61.8 Å². The average Bonchev–Trinajstić information content (AvgIpc) is 2.99. The smallest absolute Gasteiger partial charge is 0.252 e. The maximum Gasteiger partial charge on any atom is 0.252 e. The molecule has 0 spiro atoms. The highest BCUT2D eigenvalue weighted by Crippen LogP contribution is 2.23. The monoisotopic (exact) mass is 675 g/mol. The van der Waals surface area contributed by atoms with E-state index in [4.69, 9.17) is 0 Å². The molecule has 13 heteroatoms. The van der Waals surface area contributed by atoms with E-state index in [0.717, 1.165) is 0 Å². The summed E-state index contributed by atoms with van der Waals surface area (Å²) >= 11 is 0. The molecule has 0 unspecified atom stereocenters. The Morgan fingerprint density at radius 2 is 1.50 bits per heavy atom. The number of pyridine rings is 1. The van der Waals surface area contributed by atoms with Crippen molar-refractivity contribution in [2.45, 2.75) is 125 Å². The van der Waals surface area contributed by atoms with E-state index in [2.05, 4.69) is 26.6 Å². The maximum atomic E-state index is 13.9. The molecule has 5 N–H and O–H groups in total. The number of rotatable bonds is 19. The van der Waals surface area contributed by atoms with Crippen molar-refractivity contribution < 1.29 is 28.7 Å². The second-order valence-electron chi connectivity index (χ2n) is 14.6. The normalized spacial score (nSPS) is 14.8. The van der Waals surface area contributed by atoms with Gasteiger partial charge in [0.25, 0.3) is 5.91 Å². The number of amides is 5. The van der Waals surface area contributed by atoms with Gasteiger partial charge < -0.3 is 36.7 Å². The van der Waals surface area contributed by atoms with Crippen LogP contribution < -0.4 is 31.3 Å². The third-order valence-electron chi connectivity index (χ3n) is 7.93. The first-order valence-corrected chi connectivity index (χ1v) is 17.2. The van der Waals surface area contributed by atoms with Crippen molar-refractivity contribution in [1.82, 2.24) is 31.5 Å². The van der Waals surface area contributed by atoms with Gasteiger partial charge in [-0.05, 0) is 50.4 Å². The van der Waals surface area contributed by atoms with Gasteiger partial charge in [-0.2, -0.15) is 4.73 Å². The summed E-state index contributed by atoms with van der Waals surface area (Å²) in [5.41, 5.74) is -0.0762. The summed E-state index contributed by atoms with van der Waals surface area (Å²) in [6.07, 6.45) is 4.43. The Kier molecular flexibility index (Phi) is 17.6. The first-order chi connectivity index (χ1) is 22.3. The molecule has 5 amide bonds.